The fourth-order valence-corrected chi connectivity index (χ4v) is 4.11. The minimum absolute atomic E-state index is 0.0191. The summed E-state index contributed by atoms with van der Waals surface area (Å²) in [6, 6.07) is 13.6. The molecule has 3 rings (SSSR count). The van der Waals surface area contributed by atoms with Gasteiger partial charge in [-0.3, -0.25) is 4.79 Å². The van der Waals surface area contributed by atoms with Gasteiger partial charge in [0.05, 0.1) is 21.8 Å². The van der Waals surface area contributed by atoms with E-state index in [9.17, 15) is 13.2 Å². The number of rotatable bonds is 4. The van der Waals surface area contributed by atoms with E-state index in [0.29, 0.717) is 21.8 Å². The van der Waals surface area contributed by atoms with Crippen molar-refractivity contribution in [2.24, 2.45) is 12.2 Å². The number of nitrogens with zero attached hydrogens (tertiary/aromatic N) is 2. The van der Waals surface area contributed by atoms with E-state index in [2.05, 4.69) is 0 Å². The SMILES string of the molecule is Cc1c(C(=O)N(C)C)c(-c2ccc(S(N)(=O)=O)cc2)n(C)c1-c1ccc(Cl)cc1. The van der Waals surface area contributed by atoms with Crippen molar-refractivity contribution in [2.45, 2.75) is 11.8 Å². The quantitative estimate of drug-likeness (QED) is 0.683. The smallest absolute Gasteiger partial charge is 0.255 e. The number of carbonyl (C=O) groups is 1. The molecule has 1 aromatic heterocycles. The van der Waals surface area contributed by atoms with E-state index in [1.807, 2.05) is 30.7 Å². The van der Waals surface area contributed by atoms with Gasteiger partial charge in [-0.05, 0) is 47.9 Å². The van der Waals surface area contributed by atoms with Gasteiger partial charge in [0.25, 0.3) is 5.91 Å². The minimum Gasteiger partial charge on any atom is -0.345 e. The Bertz CT molecular complexity index is 1180. The summed E-state index contributed by atoms with van der Waals surface area (Å²) in [5.41, 5.74) is 4.62. The van der Waals surface area contributed by atoms with Crippen LogP contribution in [0.3, 0.4) is 0 Å². The average molecular weight is 432 g/mol. The van der Waals surface area contributed by atoms with Crippen molar-refractivity contribution in [3.63, 3.8) is 0 Å². The molecule has 0 spiro atoms. The van der Waals surface area contributed by atoms with E-state index < -0.39 is 10.0 Å². The van der Waals surface area contributed by atoms with Gasteiger partial charge in [0, 0.05) is 26.2 Å². The van der Waals surface area contributed by atoms with Gasteiger partial charge in [0.15, 0.2) is 0 Å². The molecule has 0 aliphatic heterocycles. The van der Waals surface area contributed by atoms with Gasteiger partial charge in [0.1, 0.15) is 0 Å². The Morgan fingerprint density at radius 3 is 1.93 bits per heavy atom. The second-order valence-corrected chi connectivity index (χ2v) is 9.03. The van der Waals surface area contributed by atoms with Gasteiger partial charge in [-0.15, -0.1) is 0 Å². The maximum atomic E-state index is 13.0. The van der Waals surface area contributed by atoms with Crippen molar-refractivity contribution >= 4 is 27.5 Å². The highest BCUT2D eigenvalue weighted by Gasteiger charge is 2.26. The first kappa shape index (κ1) is 21.1. The van der Waals surface area contributed by atoms with Crippen LogP contribution in [0.2, 0.25) is 5.02 Å². The molecule has 8 heteroatoms. The Morgan fingerprint density at radius 2 is 1.45 bits per heavy atom. The normalized spacial score (nSPS) is 11.5. The molecule has 0 radical (unpaired) electrons. The molecule has 6 nitrogen and oxygen atoms in total. The van der Waals surface area contributed by atoms with E-state index in [0.717, 1.165) is 16.8 Å². The number of carbonyl (C=O) groups excluding carboxylic acids is 1. The Morgan fingerprint density at radius 1 is 0.966 bits per heavy atom. The van der Waals surface area contributed by atoms with Crippen molar-refractivity contribution in [1.29, 1.82) is 0 Å². The predicted octanol–water partition coefficient (Wildman–Crippen LogP) is 3.67. The molecule has 0 unspecified atom stereocenters. The van der Waals surface area contributed by atoms with Crippen LogP contribution in [0.4, 0.5) is 0 Å². The number of nitrogens with two attached hydrogens (primary N) is 1. The molecule has 0 saturated carbocycles. The maximum Gasteiger partial charge on any atom is 0.255 e. The van der Waals surface area contributed by atoms with Crippen LogP contribution in [-0.2, 0) is 17.1 Å². The van der Waals surface area contributed by atoms with Gasteiger partial charge in [-0.2, -0.15) is 0 Å². The molecule has 2 aromatic carbocycles. The summed E-state index contributed by atoms with van der Waals surface area (Å²) in [4.78, 5) is 14.6. The second-order valence-electron chi connectivity index (χ2n) is 7.03. The van der Waals surface area contributed by atoms with Crippen LogP contribution in [0, 0.1) is 6.92 Å². The zero-order valence-electron chi connectivity index (χ0n) is 16.6. The highest BCUT2D eigenvalue weighted by atomic mass is 35.5. The van der Waals surface area contributed by atoms with Gasteiger partial charge < -0.3 is 9.47 Å². The van der Waals surface area contributed by atoms with Gasteiger partial charge in [-0.25, -0.2) is 13.6 Å². The molecule has 1 heterocycles. The number of hydrogen-bond donors (Lipinski definition) is 1. The predicted molar refractivity (Wildman–Crippen MR) is 115 cm³/mol. The lowest BCUT2D eigenvalue weighted by Crippen LogP contribution is -2.22. The first-order chi connectivity index (χ1) is 13.5. The molecular formula is C21H22ClN3O3S. The molecule has 3 aromatic rings. The van der Waals surface area contributed by atoms with Crippen molar-refractivity contribution in [3.8, 4) is 22.5 Å². The summed E-state index contributed by atoms with van der Waals surface area (Å²) >= 11 is 6.03. The Hall–Kier alpha value is -2.61. The van der Waals surface area contributed by atoms with Crippen molar-refractivity contribution in [3.05, 3.63) is 64.7 Å². The van der Waals surface area contributed by atoms with Gasteiger partial charge in [-0.1, -0.05) is 35.9 Å². The summed E-state index contributed by atoms with van der Waals surface area (Å²) in [6.07, 6.45) is 0. The third-order valence-corrected chi connectivity index (χ3v) is 6.01. The first-order valence-corrected chi connectivity index (χ1v) is 10.7. The van der Waals surface area contributed by atoms with Gasteiger partial charge >= 0.3 is 0 Å². The molecule has 0 atom stereocenters. The van der Waals surface area contributed by atoms with Crippen LogP contribution in [0.15, 0.2) is 53.4 Å². The molecule has 0 bridgehead atoms. The zero-order valence-corrected chi connectivity index (χ0v) is 18.2. The second kappa shape index (κ2) is 7.67. The standard InChI is InChI=1S/C21H22ClN3O3S/c1-13-18(21(26)24(2)3)20(15-7-11-17(12-8-15)29(23,27)28)25(4)19(13)14-5-9-16(22)10-6-14/h5-12H,1-4H3,(H2,23,27,28). The lowest BCUT2D eigenvalue weighted by atomic mass is 10.0. The number of hydrogen-bond acceptors (Lipinski definition) is 3. The Labute approximate surface area is 175 Å². The van der Waals surface area contributed by atoms with Crippen LogP contribution in [0.25, 0.3) is 22.5 Å². The largest absolute Gasteiger partial charge is 0.345 e. The third kappa shape index (κ3) is 3.94. The Kier molecular flexibility index (Phi) is 5.58. The van der Waals surface area contributed by atoms with Crippen LogP contribution >= 0.6 is 11.6 Å². The summed E-state index contributed by atoms with van der Waals surface area (Å²) < 4.78 is 25.1. The monoisotopic (exact) mass is 431 g/mol. The average Bonchev–Trinajstić information content (AvgIpc) is 2.91. The van der Waals surface area contributed by atoms with Crippen LogP contribution in [0.5, 0.6) is 0 Å². The molecule has 1 amide bonds. The van der Waals surface area contributed by atoms with E-state index in [-0.39, 0.29) is 10.8 Å². The minimum atomic E-state index is -3.80. The van der Waals surface area contributed by atoms with E-state index in [1.165, 1.54) is 17.0 Å². The van der Waals surface area contributed by atoms with Crippen LogP contribution < -0.4 is 5.14 Å². The first-order valence-electron chi connectivity index (χ1n) is 8.82. The fraction of sp³-hybridized carbons (Fsp3) is 0.190. The maximum absolute atomic E-state index is 13.0. The topological polar surface area (TPSA) is 85.4 Å². The van der Waals surface area contributed by atoms with Crippen molar-refractivity contribution in [2.75, 3.05) is 14.1 Å². The lowest BCUT2D eigenvalue weighted by molar-refractivity contribution is 0.0827. The highest BCUT2D eigenvalue weighted by molar-refractivity contribution is 7.89. The fourth-order valence-electron chi connectivity index (χ4n) is 3.47. The number of amides is 1. The van der Waals surface area contributed by atoms with Crippen molar-refractivity contribution < 1.29 is 13.2 Å². The molecule has 152 valence electrons. The number of aromatic nitrogens is 1. The summed E-state index contributed by atoms with van der Waals surface area (Å²) in [5, 5.41) is 5.83. The molecule has 29 heavy (non-hydrogen) atoms. The molecule has 0 saturated heterocycles. The summed E-state index contributed by atoms with van der Waals surface area (Å²) in [6.45, 7) is 1.91. The highest BCUT2D eigenvalue weighted by Crippen LogP contribution is 2.37. The molecule has 0 fully saturated rings. The third-order valence-electron chi connectivity index (χ3n) is 4.83. The van der Waals surface area contributed by atoms with E-state index in [1.54, 1.807) is 38.4 Å². The molecule has 0 aliphatic rings. The zero-order chi connectivity index (χ0) is 21.5. The number of halogens is 1. The number of sulfonamides is 1. The van der Waals surface area contributed by atoms with Crippen molar-refractivity contribution in [1.82, 2.24) is 9.47 Å². The van der Waals surface area contributed by atoms with Gasteiger partial charge in [0.2, 0.25) is 10.0 Å². The lowest BCUT2D eigenvalue weighted by Gasteiger charge is -2.13. The van der Waals surface area contributed by atoms with E-state index in [4.69, 9.17) is 16.7 Å². The van der Waals surface area contributed by atoms with E-state index >= 15 is 0 Å². The molecular weight excluding hydrogens is 410 g/mol. The molecule has 2 N–H and O–H groups in total. The van der Waals surface area contributed by atoms with Crippen LogP contribution in [-0.4, -0.2) is 37.9 Å². The van der Waals surface area contributed by atoms with Crippen LogP contribution in [0.1, 0.15) is 15.9 Å². The summed E-state index contributed by atoms with van der Waals surface area (Å²) in [7, 11) is 1.48. The molecule has 0 aliphatic carbocycles. The number of benzene rings is 2. The number of primary sulfonamides is 1. The Balaban J connectivity index is 2.29. The summed E-state index contributed by atoms with van der Waals surface area (Å²) in [5.74, 6) is -0.135.